The van der Waals surface area contributed by atoms with Crippen LogP contribution in [0.15, 0.2) is 6.20 Å². The third-order valence-electron chi connectivity index (χ3n) is 8.54. The Morgan fingerprint density at radius 1 is 1.12 bits per heavy atom. The Morgan fingerprint density at radius 3 is 2.36 bits per heavy atom. The van der Waals surface area contributed by atoms with Crippen LogP contribution in [0.5, 0.6) is 0 Å². The molecule has 1 aromatic heterocycles. The van der Waals surface area contributed by atoms with Gasteiger partial charge in [0, 0.05) is 44.3 Å². The zero-order chi connectivity index (χ0) is 23.0. The van der Waals surface area contributed by atoms with E-state index >= 15 is 0 Å². The van der Waals surface area contributed by atoms with E-state index in [9.17, 15) is 18.3 Å². The molecule has 33 heavy (non-hydrogen) atoms. The molecule has 7 rings (SSSR count). The highest BCUT2D eigenvalue weighted by Gasteiger charge is 2.55. The first-order valence-electron chi connectivity index (χ1n) is 12.3. The van der Waals surface area contributed by atoms with Gasteiger partial charge in [0.25, 0.3) is 5.91 Å². The highest BCUT2D eigenvalue weighted by atomic mass is 32.2. The van der Waals surface area contributed by atoms with E-state index in [2.05, 4.69) is 10.3 Å². The van der Waals surface area contributed by atoms with Gasteiger partial charge in [-0.15, -0.1) is 0 Å². The highest BCUT2D eigenvalue weighted by Crippen LogP contribution is 2.55. The average molecular weight is 476 g/mol. The van der Waals surface area contributed by atoms with E-state index in [1.54, 1.807) is 6.20 Å². The van der Waals surface area contributed by atoms with Crippen LogP contribution in [-0.2, 0) is 10.0 Å². The number of piperazine rings is 1. The standard InChI is InChI=1S/C23H33N5O4S/c1-33(31,32)28-6-4-27(5-7-28)22-24-13-18(20(26-22)15-2-3-15)21(29)25-19-16-8-14-9-17(19)12-23(30,10-14)11-16/h13-17,19,30H,2-12H2,1H3,(H,25,29). The Balaban J connectivity index is 1.18. The van der Waals surface area contributed by atoms with Crippen molar-refractivity contribution in [3.05, 3.63) is 17.5 Å². The van der Waals surface area contributed by atoms with Gasteiger partial charge in [-0.1, -0.05) is 0 Å². The van der Waals surface area contributed by atoms with Crippen LogP contribution in [0.3, 0.4) is 0 Å². The predicted octanol–water partition coefficient (Wildman–Crippen LogP) is 1.11. The van der Waals surface area contributed by atoms with Crippen LogP contribution in [0.2, 0.25) is 0 Å². The normalized spacial score (nSPS) is 36.2. The van der Waals surface area contributed by atoms with Crippen LogP contribution in [0.25, 0.3) is 0 Å². The van der Waals surface area contributed by atoms with E-state index in [1.807, 2.05) is 4.90 Å². The summed E-state index contributed by atoms with van der Waals surface area (Å²) in [6.07, 6.45) is 9.71. The lowest BCUT2D eigenvalue weighted by Crippen LogP contribution is -2.61. The Kier molecular flexibility index (Phi) is 5.01. The summed E-state index contributed by atoms with van der Waals surface area (Å²) in [6.45, 7) is 1.92. The van der Waals surface area contributed by atoms with Crippen LogP contribution in [0, 0.1) is 17.8 Å². The van der Waals surface area contributed by atoms with Gasteiger partial charge in [-0.2, -0.15) is 4.31 Å². The molecule has 10 heteroatoms. The number of carbonyl (C=O) groups is 1. The number of anilines is 1. The minimum absolute atomic E-state index is 0.0881. The first-order valence-corrected chi connectivity index (χ1v) is 14.1. The minimum atomic E-state index is -3.19. The van der Waals surface area contributed by atoms with Gasteiger partial charge in [0.1, 0.15) is 0 Å². The summed E-state index contributed by atoms with van der Waals surface area (Å²) in [6, 6.07) is 0.130. The summed E-state index contributed by atoms with van der Waals surface area (Å²) >= 11 is 0. The maximum absolute atomic E-state index is 13.4. The molecular weight excluding hydrogens is 442 g/mol. The summed E-state index contributed by atoms with van der Waals surface area (Å²) in [5.41, 5.74) is 0.886. The lowest BCUT2D eigenvalue weighted by molar-refractivity contribution is -0.136. The van der Waals surface area contributed by atoms with Gasteiger partial charge in [0.2, 0.25) is 16.0 Å². The number of nitrogens with one attached hydrogen (secondary N) is 1. The topological polar surface area (TPSA) is 116 Å². The first-order chi connectivity index (χ1) is 15.7. The number of carbonyl (C=O) groups excluding carboxylic acids is 1. The molecule has 5 aliphatic carbocycles. The Morgan fingerprint density at radius 2 is 1.79 bits per heavy atom. The van der Waals surface area contributed by atoms with Crippen molar-refractivity contribution in [2.24, 2.45) is 17.8 Å². The number of aromatic nitrogens is 2. The fourth-order valence-electron chi connectivity index (χ4n) is 7.05. The van der Waals surface area contributed by atoms with Crippen LogP contribution < -0.4 is 10.2 Å². The largest absolute Gasteiger partial charge is 0.390 e. The van der Waals surface area contributed by atoms with Crippen molar-refractivity contribution in [2.45, 2.75) is 62.5 Å². The molecule has 4 bridgehead atoms. The molecule has 2 N–H and O–H groups in total. The summed E-state index contributed by atoms with van der Waals surface area (Å²) in [4.78, 5) is 24.7. The molecule has 1 amide bonds. The molecule has 6 fully saturated rings. The van der Waals surface area contributed by atoms with Gasteiger partial charge in [0.15, 0.2) is 0 Å². The van der Waals surface area contributed by atoms with Crippen molar-refractivity contribution in [1.29, 1.82) is 0 Å². The number of hydrogen-bond donors (Lipinski definition) is 2. The molecule has 5 saturated carbocycles. The molecule has 0 spiro atoms. The van der Waals surface area contributed by atoms with Gasteiger partial charge in [0.05, 0.1) is 23.1 Å². The predicted molar refractivity (Wildman–Crippen MR) is 122 cm³/mol. The molecule has 1 aliphatic heterocycles. The van der Waals surface area contributed by atoms with Crippen LogP contribution in [0.4, 0.5) is 5.95 Å². The van der Waals surface area contributed by atoms with Gasteiger partial charge in [-0.3, -0.25) is 4.79 Å². The van der Waals surface area contributed by atoms with Gasteiger partial charge in [-0.05, 0) is 62.7 Å². The zero-order valence-electron chi connectivity index (χ0n) is 19.1. The smallest absolute Gasteiger partial charge is 0.254 e. The Hall–Kier alpha value is -1.78. The average Bonchev–Trinajstić information content (AvgIpc) is 3.59. The van der Waals surface area contributed by atoms with Crippen molar-refractivity contribution >= 4 is 21.9 Å². The molecule has 2 unspecified atom stereocenters. The molecule has 1 saturated heterocycles. The second kappa shape index (κ2) is 7.61. The fourth-order valence-corrected chi connectivity index (χ4v) is 7.87. The lowest BCUT2D eigenvalue weighted by atomic mass is 9.52. The van der Waals surface area contributed by atoms with Crippen molar-refractivity contribution in [1.82, 2.24) is 19.6 Å². The maximum atomic E-state index is 13.4. The van der Waals surface area contributed by atoms with Crippen molar-refractivity contribution in [3.8, 4) is 0 Å². The number of sulfonamides is 1. The van der Waals surface area contributed by atoms with Crippen molar-refractivity contribution < 1.29 is 18.3 Å². The Labute approximate surface area is 195 Å². The summed E-state index contributed by atoms with van der Waals surface area (Å²) < 4.78 is 25.1. The minimum Gasteiger partial charge on any atom is -0.390 e. The molecule has 2 atom stereocenters. The zero-order valence-corrected chi connectivity index (χ0v) is 19.9. The van der Waals surface area contributed by atoms with E-state index in [1.165, 1.54) is 10.6 Å². The quantitative estimate of drug-likeness (QED) is 0.655. The maximum Gasteiger partial charge on any atom is 0.254 e. The van der Waals surface area contributed by atoms with Gasteiger partial charge in [-0.25, -0.2) is 18.4 Å². The van der Waals surface area contributed by atoms with Crippen molar-refractivity contribution in [2.75, 3.05) is 37.3 Å². The lowest BCUT2D eigenvalue weighted by Gasteiger charge is -2.58. The summed E-state index contributed by atoms with van der Waals surface area (Å²) in [5, 5.41) is 14.2. The Bertz CT molecular complexity index is 1050. The molecule has 2 heterocycles. The third kappa shape index (κ3) is 4.04. The van der Waals surface area contributed by atoms with E-state index < -0.39 is 15.6 Å². The van der Waals surface area contributed by atoms with E-state index in [0.29, 0.717) is 61.4 Å². The monoisotopic (exact) mass is 475 g/mol. The second-order valence-corrected chi connectivity index (χ2v) is 13.1. The van der Waals surface area contributed by atoms with Crippen LogP contribution in [-0.4, -0.2) is 77.8 Å². The van der Waals surface area contributed by atoms with E-state index in [4.69, 9.17) is 4.98 Å². The second-order valence-electron chi connectivity index (χ2n) is 11.1. The van der Waals surface area contributed by atoms with E-state index in [0.717, 1.165) is 50.6 Å². The fraction of sp³-hybridized carbons (Fsp3) is 0.783. The molecule has 1 aromatic rings. The van der Waals surface area contributed by atoms with Crippen LogP contribution in [0.1, 0.15) is 66.9 Å². The molecule has 0 aromatic carbocycles. The number of hydrogen-bond acceptors (Lipinski definition) is 7. The highest BCUT2D eigenvalue weighted by molar-refractivity contribution is 7.88. The molecule has 180 valence electrons. The number of nitrogens with zero attached hydrogens (tertiary/aromatic N) is 4. The molecule has 0 radical (unpaired) electrons. The molecule has 9 nitrogen and oxygen atoms in total. The number of rotatable bonds is 5. The molecule has 6 aliphatic rings. The summed E-state index contributed by atoms with van der Waals surface area (Å²) in [7, 11) is -3.19. The summed E-state index contributed by atoms with van der Waals surface area (Å²) in [5.74, 6) is 2.12. The van der Waals surface area contributed by atoms with Gasteiger partial charge >= 0.3 is 0 Å². The third-order valence-corrected chi connectivity index (χ3v) is 9.85. The number of aliphatic hydroxyl groups is 1. The SMILES string of the molecule is CS(=O)(=O)N1CCN(c2ncc(C(=O)NC3C4CC5CC3CC(O)(C5)C4)c(C3CC3)n2)CC1. The van der Waals surface area contributed by atoms with E-state index in [-0.39, 0.29) is 11.9 Å². The van der Waals surface area contributed by atoms with Crippen molar-refractivity contribution in [3.63, 3.8) is 0 Å². The van der Waals surface area contributed by atoms with Crippen LogP contribution >= 0.6 is 0 Å². The van der Waals surface area contributed by atoms with Gasteiger partial charge < -0.3 is 15.3 Å². The first kappa shape index (κ1) is 21.7. The molecular formula is C23H33N5O4S. The number of amides is 1.